The Morgan fingerprint density at radius 1 is 1.42 bits per heavy atom. The fraction of sp³-hybridized carbons (Fsp3) is 0.533. The van der Waals surface area contributed by atoms with Crippen molar-refractivity contribution in [3.05, 3.63) is 29.3 Å². The van der Waals surface area contributed by atoms with Crippen LogP contribution in [0.2, 0.25) is 0 Å². The Labute approximate surface area is 114 Å². The Balaban J connectivity index is 3.02. The van der Waals surface area contributed by atoms with Gasteiger partial charge < -0.3 is 15.2 Å². The quantitative estimate of drug-likeness (QED) is 0.796. The van der Waals surface area contributed by atoms with E-state index < -0.39 is 12.1 Å². The van der Waals surface area contributed by atoms with Crippen molar-refractivity contribution >= 4 is 5.97 Å². The smallest absolute Gasteiger partial charge is 0.344 e. The van der Waals surface area contributed by atoms with E-state index in [1.54, 1.807) is 0 Å². The molecular formula is C15H23NO3. The van der Waals surface area contributed by atoms with Gasteiger partial charge in [-0.2, -0.15) is 0 Å². The molecule has 106 valence electrons. The van der Waals surface area contributed by atoms with Crippen molar-refractivity contribution < 1.29 is 14.6 Å². The minimum Gasteiger partial charge on any atom is -0.479 e. The summed E-state index contributed by atoms with van der Waals surface area (Å²) in [5.41, 5.74) is 2.05. The molecule has 1 rings (SSSR count). The summed E-state index contributed by atoms with van der Waals surface area (Å²) >= 11 is 0. The highest BCUT2D eigenvalue weighted by Crippen LogP contribution is 2.27. The van der Waals surface area contributed by atoms with Crippen LogP contribution in [0, 0.1) is 6.92 Å². The van der Waals surface area contributed by atoms with Gasteiger partial charge in [-0.25, -0.2) is 4.79 Å². The van der Waals surface area contributed by atoms with Crippen LogP contribution in [0.1, 0.15) is 44.4 Å². The lowest BCUT2D eigenvalue weighted by Crippen LogP contribution is -2.27. The van der Waals surface area contributed by atoms with Crippen LogP contribution in [-0.4, -0.2) is 23.7 Å². The molecule has 0 saturated heterocycles. The molecule has 0 amide bonds. The van der Waals surface area contributed by atoms with Gasteiger partial charge in [0.15, 0.2) is 6.10 Å². The lowest BCUT2D eigenvalue weighted by atomic mass is 10.0. The molecule has 0 bridgehead atoms. The van der Waals surface area contributed by atoms with Crippen LogP contribution in [0.5, 0.6) is 5.75 Å². The van der Waals surface area contributed by atoms with Gasteiger partial charge in [0.2, 0.25) is 0 Å². The highest BCUT2D eigenvalue weighted by Gasteiger charge is 2.20. The molecule has 0 aliphatic carbocycles. The molecule has 0 aliphatic heterocycles. The van der Waals surface area contributed by atoms with Gasteiger partial charge in [0.1, 0.15) is 5.75 Å². The fourth-order valence-electron chi connectivity index (χ4n) is 1.98. The molecule has 4 heteroatoms. The zero-order chi connectivity index (χ0) is 14.4. The molecular weight excluding hydrogens is 242 g/mol. The van der Waals surface area contributed by atoms with Crippen LogP contribution in [-0.2, 0) is 4.79 Å². The number of hydrogen-bond donors (Lipinski definition) is 2. The molecule has 0 aliphatic rings. The first kappa shape index (κ1) is 15.5. The molecule has 4 nitrogen and oxygen atoms in total. The van der Waals surface area contributed by atoms with Gasteiger partial charge in [0.25, 0.3) is 0 Å². The Morgan fingerprint density at radius 2 is 2.11 bits per heavy atom. The van der Waals surface area contributed by atoms with Crippen LogP contribution >= 0.6 is 0 Å². The Bertz CT molecular complexity index is 431. The SMILES string of the molecule is CCNC(C)c1ccc(C)cc1OC(CC)C(=O)O. The van der Waals surface area contributed by atoms with Gasteiger partial charge >= 0.3 is 5.97 Å². The average Bonchev–Trinajstić information content (AvgIpc) is 2.35. The molecule has 2 atom stereocenters. The minimum atomic E-state index is -0.925. The van der Waals surface area contributed by atoms with Gasteiger partial charge in [0.05, 0.1) is 0 Å². The van der Waals surface area contributed by atoms with E-state index in [4.69, 9.17) is 9.84 Å². The van der Waals surface area contributed by atoms with Crippen molar-refractivity contribution in [2.24, 2.45) is 0 Å². The summed E-state index contributed by atoms with van der Waals surface area (Å²) in [5.74, 6) is -0.270. The number of hydrogen-bond acceptors (Lipinski definition) is 3. The third-order valence-electron chi connectivity index (χ3n) is 3.06. The number of benzene rings is 1. The molecule has 0 fully saturated rings. The lowest BCUT2D eigenvalue weighted by molar-refractivity contribution is -0.145. The molecule has 2 N–H and O–H groups in total. The number of carboxylic acids is 1. The number of aryl methyl sites for hydroxylation is 1. The predicted octanol–water partition coefficient (Wildman–Crippen LogP) is 2.91. The van der Waals surface area contributed by atoms with Crippen molar-refractivity contribution in [2.45, 2.75) is 46.3 Å². The first-order valence-corrected chi connectivity index (χ1v) is 6.72. The van der Waals surface area contributed by atoms with Crippen LogP contribution in [0.3, 0.4) is 0 Å². The third kappa shape index (κ3) is 4.24. The summed E-state index contributed by atoms with van der Waals surface area (Å²) in [4.78, 5) is 11.1. The van der Waals surface area contributed by atoms with Crippen molar-refractivity contribution in [3.63, 3.8) is 0 Å². The Hall–Kier alpha value is -1.55. The second kappa shape index (κ2) is 7.14. The highest BCUT2D eigenvalue weighted by molar-refractivity contribution is 5.72. The van der Waals surface area contributed by atoms with Crippen molar-refractivity contribution in [2.75, 3.05) is 6.54 Å². The lowest BCUT2D eigenvalue weighted by Gasteiger charge is -2.21. The van der Waals surface area contributed by atoms with E-state index >= 15 is 0 Å². The highest BCUT2D eigenvalue weighted by atomic mass is 16.5. The standard InChI is InChI=1S/C15H23NO3/c1-5-13(15(17)18)19-14-9-10(3)7-8-12(14)11(4)16-6-2/h7-9,11,13,16H,5-6H2,1-4H3,(H,17,18). The van der Waals surface area contributed by atoms with Gasteiger partial charge in [0, 0.05) is 11.6 Å². The van der Waals surface area contributed by atoms with Crippen molar-refractivity contribution in [1.82, 2.24) is 5.32 Å². The van der Waals surface area contributed by atoms with Crippen molar-refractivity contribution in [1.29, 1.82) is 0 Å². The van der Waals surface area contributed by atoms with Crippen LogP contribution in [0.4, 0.5) is 0 Å². The number of aliphatic carboxylic acids is 1. The summed E-state index contributed by atoms with van der Waals surface area (Å²) in [6.45, 7) is 8.71. The molecule has 1 aromatic rings. The first-order chi connectivity index (χ1) is 8.99. The summed E-state index contributed by atoms with van der Waals surface area (Å²) in [7, 11) is 0. The van der Waals surface area contributed by atoms with Gasteiger partial charge in [-0.1, -0.05) is 26.0 Å². The number of nitrogens with one attached hydrogen (secondary N) is 1. The summed E-state index contributed by atoms with van der Waals surface area (Å²) in [6.07, 6.45) is -0.354. The second-order valence-corrected chi connectivity index (χ2v) is 4.67. The monoisotopic (exact) mass is 265 g/mol. The van der Waals surface area contributed by atoms with E-state index in [2.05, 4.69) is 5.32 Å². The largest absolute Gasteiger partial charge is 0.479 e. The van der Waals surface area contributed by atoms with Crippen LogP contribution in [0.15, 0.2) is 18.2 Å². The maximum absolute atomic E-state index is 11.1. The third-order valence-corrected chi connectivity index (χ3v) is 3.06. The van der Waals surface area contributed by atoms with E-state index in [-0.39, 0.29) is 6.04 Å². The average molecular weight is 265 g/mol. The second-order valence-electron chi connectivity index (χ2n) is 4.67. The minimum absolute atomic E-state index is 0.131. The number of carbonyl (C=O) groups is 1. The maximum Gasteiger partial charge on any atom is 0.344 e. The molecule has 0 saturated carbocycles. The first-order valence-electron chi connectivity index (χ1n) is 6.72. The summed E-state index contributed by atoms with van der Waals surface area (Å²) < 4.78 is 5.66. The van der Waals surface area contributed by atoms with E-state index in [1.807, 2.05) is 45.9 Å². The number of ether oxygens (including phenoxy) is 1. The van der Waals surface area contributed by atoms with Crippen LogP contribution < -0.4 is 10.1 Å². The Kier molecular flexibility index (Phi) is 5.83. The topological polar surface area (TPSA) is 58.6 Å². The van der Waals surface area contributed by atoms with E-state index in [0.717, 1.165) is 17.7 Å². The zero-order valence-corrected chi connectivity index (χ0v) is 12.1. The predicted molar refractivity (Wildman–Crippen MR) is 75.6 cm³/mol. The van der Waals surface area contributed by atoms with E-state index in [1.165, 1.54) is 0 Å². The summed E-state index contributed by atoms with van der Waals surface area (Å²) in [5, 5.41) is 12.4. The molecule has 0 heterocycles. The fourth-order valence-corrected chi connectivity index (χ4v) is 1.98. The number of rotatable bonds is 7. The Morgan fingerprint density at radius 3 is 2.63 bits per heavy atom. The molecule has 0 spiro atoms. The maximum atomic E-state index is 11.1. The van der Waals surface area contributed by atoms with E-state index in [9.17, 15) is 4.79 Å². The normalized spacial score (nSPS) is 13.9. The zero-order valence-electron chi connectivity index (χ0n) is 12.1. The van der Waals surface area contributed by atoms with Gasteiger partial charge in [-0.3, -0.25) is 0 Å². The van der Waals surface area contributed by atoms with Gasteiger partial charge in [-0.15, -0.1) is 0 Å². The van der Waals surface area contributed by atoms with Gasteiger partial charge in [-0.05, 0) is 38.4 Å². The van der Waals surface area contributed by atoms with Crippen molar-refractivity contribution in [3.8, 4) is 5.75 Å². The molecule has 2 unspecified atom stereocenters. The van der Waals surface area contributed by atoms with Crippen LogP contribution in [0.25, 0.3) is 0 Å². The molecule has 0 aromatic heterocycles. The molecule has 1 aromatic carbocycles. The van der Waals surface area contributed by atoms with E-state index in [0.29, 0.717) is 12.2 Å². The molecule has 0 radical (unpaired) electrons. The summed E-state index contributed by atoms with van der Waals surface area (Å²) in [6, 6.07) is 6.03. The number of carboxylic acid groups (broad SMARTS) is 1. The molecule has 19 heavy (non-hydrogen) atoms.